The largest absolute Gasteiger partial charge is 0.496 e. The van der Waals surface area contributed by atoms with Gasteiger partial charge < -0.3 is 15.4 Å². The summed E-state index contributed by atoms with van der Waals surface area (Å²) in [5, 5.41) is 5.06. The van der Waals surface area contributed by atoms with Gasteiger partial charge in [0.1, 0.15) is 11.8 Å². The molecule has 134 valence electrons. The lowest BCUT2D eigenvalue weighted by molar-refractivity contribution is -0.682. The van der Waals surface area contributed by atoms with Crippen LogP contribution in [0.1, 0.15) is 43.9 Å². The number of nitrogens with two attached hydrogens (primary N) is 1. The van der Waals surface area contributed by atoms with Gasteiger partial charge in [-0.2, -0.15) is 0 Å². The molecule has 5 heteroatoms. The number of para-hydroxylation sites is 1. The number of quaternary nitrogens is 1. The van der Waals surface area contributed by atoms with Crippen LogP contribution >= 0.6 is 15.9 Å². The SMILES string of the molecule is COc1ccc([C@@H](C)[NH2+]CC(=O)Nc2ccccc2C(C)C)cc1Br. The van der Waals surface area contributed by atoms with Crippen molar-refractivity contribution < 1.29 is 14.8 Å². The number of hydrogen-bond acceptors (Lipinski definition) is 2. The van der Waals surface area contributed by atoms with E-state index in [9.17, 15) is 4.79 Å². The molecule has 0 heterocycles. The molecule has 2 aromatic carbocycles. The first-order valence-corrected chi connectivity index (χ1v) is 9.27. The van der Waals surface area contributed by atoms with Gasteiger partial charge in [-0.25, -0.2) is 0 Å². The lowest BCUT2D eigenvalue weighted by Gasteiger charge is -2.15. The minimum atomic E-state index is 0.00697. The monoisotopic (exact) mass is 405 g/mol. The molecule has 0 aliphatic heterocycles. The highest BCUT2D eigenvalue weighted by Gasteiger charge is 2.15. The summed E-state index contributed by atoms with van der Waals surface area (Å²) < 4.78 is 6.17. The number of nitrogens with one attached hydrogen (secondary N) is 1. The lowest BCUT2D eigenvalue weighted by Crippen LogP contribution is -2.86. The smallest absolute Gasteiger partial charge is 0.279 e. The number of halogens is 1. The fraction of sp³-hybridized carbons (Fsp3) is 0.350. The fourth-order valence-electron chi connectivity index (χ4n) is 2.70. The van der Waals surface area contributed by atoms with Crippen molar-refractivity contribution >= 4 is 27.5 Å². The Kier molecular flexibility index (Phi) is 7.02. The number of rotatable bonds is 7. The van der Waals surface area contributed by atoms with Gasteiger partial charge in [-0.05, 0) is 58.6 Å². The van der Waals surface area contributed by atoms with Gasteiger partial charge in [0.05, 0.1) is 11.6 Å². The van der Waals surface area contributed by atoms with Crippen molar-refractivity contribution in [1.82, 2.24) is 0 Å². The van der Waals surface area contributed by atoms with E-state index in [1.807, 2.05) is 41.7 Å². The lowest BCUT2D eigenvalue weighted by atomic mass is 10.0. The van der Waals surface area contributed by atoms with Gasteiger partial charge >= 0.3 is 0 Å². The van der Waals surface area contributed by atoms with Crippen LogP contribution < -0.4 is 15.4 Å². The Bertz CT molecular complexity index is 731. The van der Waals surface area contributed by atoms with E-state index in [0.29, 0.717) is 12.5 Å². The van der Waals surface area contributed by atoms with Crippen molar-refractivity contribution in [3.05, 3.63) is 58.1 Å². The van der Waals surface area contributed by atoms with E-state index in [2.05, 4.69) is 48.1 Å². The molecule has 0 spiro atoms. The summed E-state index contributed by atoms with van der Waals surface area (Å²) in [5.41, 5.74) is 3.20. The Morgan fingerprint density at radius 2 is 1.92 bits per heavy atom. The molecule has 0 radical (unpaired) electrons. The second kappa shape index (κ2) is 9.02. The minimum absolute atomic E-state index is 0.00697. The number of ether oxygens (including phenoxy) is 1. The zero-order valence-electron chi connectivity index (χ0n) is 15.2. The van der Waals surface area contributed by atoms with Crippen molar-refractivity contribution in [3.63, 3.8) is 0 Å². The number of amides is 1. The Balaban J connectivity index is 1.95. The quantitative estimate of drug-likeness (QED) is 0.734. The van der Waals surface area contributed by atoms with Crippen molar-refractivity contribution in [1.29, 1.82) is 0 Å². The van der Waals surface area contributed by atoms with Crippen molar-refractivity contribution in [2.75, 3.05) is 19.0 Å². The fourth-order valence-corrected chi connectivity index (χ4v) is 3.26. The highest BCUT2D eigenvalue weighted by molar-refractivity contribution is 9.10. The van der Waals surface area contributed by atoms with Crippen molar-refractivity contribution in [3.8, 4) is 5.75 Å². The number of benzene rings is 2. The number of carbonyl (C=O) groups excluding carboxylic acids is 1. The third kappa shape index (κ3) is 5.31. The summed E-state index contributed by atoms with van der Waals surface area (Å²) in [6.07, 6.45) is 0. The summed E-state index contributed by atoms with van der Waals surface area (Å²) in [5.74, 6) is 1.18. The van der Waals surface area contributed by atoms with Gasteiger partial charge in [0.25, 0.3) is 5.91 Å². The van der Waals surface area contributed by atoms with E-state index in [1.54, 1.807) is 7.11 Å². The van der Waals surface area contributed by atoms with Crippen LogP contribution in [0, 0.1) is 0 Å². The Hall–Kier alpha value is -1.85. The van der Waals surface area contributed by atoms with E-state index in [4.69, 9.17) is 4.74 Å². The molecule has 3 N–H and O–H groups in total. The molecule has 2 rings (SSSR count). The highest BCUT2D eigenvalue weighted by Crippen LogP contribution is 2.27. The van der Waals surface area contributed by atoms with Crippen molar-refractivity contribution in [2.24, 2.45) is 0 Å². The number of carbonyl (C=O) groups is 1. The van der Waals surface area contributed by atoms with E-state index < -0.39 is 0 Å². The van der Waals surface area contributed by atoms with Crippen LogP contribution in [0.5, 0.6) is 5.75 Å². The van der Waals surface area contributed by atoms with Crippen LogP contribution in [0.25, 0.3) is 0 Å². The van der Waals surface area contributed by atoms with Crippen LogP contribution in [-0.4, -0.2) is 19.6 Å². The first-order chi connectivity index (χ1) is 11.9. The van der Waals surface area contributed by atoms with Crippen LogP contribution in [-0.2, 0) is 4.79 Å². The summed E-state index contributed by atoms with van der Waals surface area (Å²) >= 11 is 3.50. The van der Waals surface area contributed by atoms with Crippen LogP contribution in [0.3, 0.4) is 0 Å². The summed E-state index contributed by atoms with van der Waals surface area (Å²) in [7, 11) is 1.65. The predicted molar refractivity (Wildman–Crippen MR) is 105 cm³/mol. The van der Waals surface area contributed by atoms with Crippen LogP contribution in [0.2, 0.25) is 0 Å². The molecule has 0 saturated heterocycles. The maximum atomic E-state index is 12.3. The molecule has 2 aromatic rings. The average Bonchev–Trinajstić information content (AvgIpc) is 2.59. The van der Waals surface area contributed by atoms with Gasteiger partial charge in [-0.3, -0.25) is 4.79 Å². The van der Waals surface area contributed by atoms with E-state index in [-0.39, 0.29) is 11.9 Å². The number of methoxy groups -OCH3 is 1. The first-order valence-electron chi connectivity index (χ1n) is 8.48. The standard InChI is InChI=1S/C20H25BrN2O2/c1-13(2)16-7-5-6-8-18(16)23-20(24)12-22-14(3)15-9-10-19(25-4)17(21)11-15/h5-11,13-14,22H,12H2,1-4H3,(H,23,24)/p+1/t14-/m1/s1. The molecule has 0 saturated carbocycles. The third-order valence-corrected chi connectivity index (χ3v) is 4.84. The molecule has 0 fully saturated rings. The molecule has 25 heavy (non-hydrogen) atoms. The van der Waals surface area contributed by atoms with Crippen LogP contribution in [0.4, 0.5) is 5.69 Å². The minimum Gasteiger partial charge on any atom is -0.496 e. The third-order valence-electron chi connectivity index (χ3n) is 4.22. The van der Waals surface area contributed by atoms with Gasteiger partial charge in [0.15, 0.2) is 6.54 Å². The molecule has 4 nitrogen and oxygen atoms in total. The molecule has 0 aromatic heterocycles. The number of anilines is 1. The van der Waals surface area contributed by atoms with Gasteiger partial charge in [-0.15, -0.1) is 0 Å². The first kappa shape index (κ1) is 19.5. The maximum absolute atomic E-state index is 12.3. The van der Waals surface area contributed by atoms with Crippen LogP contribution in [0.15, 0.2) is 46.9 Å². The second-order valence-electron chi connectivity index (χ2n) is 6.41. The van der Waals surface area contributed by atoms with E-state index in [1.165, 1.54) is 0 Å². The highest BCUT2D eigenvalue weighted by atomic mass is 79.9. The zero-order chi connectivity index (χ0) is 18.4. The summed E-state index contributed by atoms with van der Waals surface area (Å²) in [4.78, 5) is 12.3. The maximum Gasteiger partial charge on any atom is 0.279 e. The van der Waals surface area contributed by atoms with Gasteiger partial charge in [-0.1, -0.05) is 32.0 Å². The Morgan fingerprint density at radius 3 is 2.56 bits per heavy atom. The second-order valence-corrected chi connectivity index (χ2v) is 7.27. The Morgan fingerprint density at radius 1 is 1.20 bits per heavy atom. The number of hydrogen-bond donors (Lipinski definition) is 2. The zero-order valence-corrected chi connectivity index (χ0v) is 16.8. The molecule has 0 aliphatic rings. The normalized spacial score (nSPS) is 12.1. The Labute approximate surface area is 158 Å². The van der Waals surface area contributed by atoms with Crippen molar-refractivity contribution in [2.45, 2.75) is 32.7 Å². The van der Waals surface area contributed by atoms with E-state index in [0.717, 1.165) is 27.0 Å². The van der Waals surface area contributed by atoms with Gasteiger partial charge in [0.2, 0.25) is 0 Å². The molecule has 0 aliphatic carbocycles. The average molecular weight is 406 g/mol. The molecule has 1 atom stereocenters. The topological polar surface area (TPSA) is 54.9 Å². The van der Waals surface area contributed by atoms with Gasteiger partial charge in [0, 0.05) is 11.3 Å². The predicted octanol–water partition coefficient (Wildman–Crippen LogP) is 3.84. The molecular weight excluding hydrogens is 380 g/mol. The molecule has 0 bridgehead atoms. The van der Waals surface area contributed by atoms with E-state index >= 15 is 0 Å². The summed E-state index contributed by atoms with van der Waals surface area (Å²) in [6.45, 7) is 6.71. The summed E-state index contributed by atoms with van der Waals surface area (Å²) in [6, 6.07) is 14.1. The molecule has 1 amide bonds. The molecule has 0 unspecified atom stereocenters. The molecular formula is C20H26BrN2O2+.